The Bertz CT molecular complexity index is 507. The van der Waals surface area contributed by atoms with Crippen LogP contribution in [0.3, 0.4) is 0 Å². The van der Waals surface area contributed by atoms with E-state index in [-0.39, 0.29) is 17.6 Å². The van der Waals surface area contributed by atoms with Crippen molar-refractivity contribution in [1.29, 1.82) is 0 Å². The van der Waals surface area contributed by atoms with Crippen LogP contribution in [0, 0.1) is 23.6 Å². The number of rotatable bonds is 5. The molecule has 0 spiro atoms. The van der Waals surface area contributed by atoms with Gasteiger partial charge in [-0.25, -0.2) is 4.39 Å². The molecule has 2 fully saturated rings. The fourth-order valence-electron chi connectivity index (χ4n) is 3.80. The quantitative estimate of drug-likeness (QED) is 0.906. The highest BCUT2D eigenvalue weighted by Gasteiger charge is 2.55. The molecule has 1 amide bonds. The van der Waals surface area contributed by atoms with Crippen molar-refractivity contribution in [3.05, 3.63) is 30.1 Å². The van der Waals surface area contributed by atoms with Crippen molar-refractivity contribution in [3.8, 4) is 0 Å². The number of carbonyl (C=O) groups is 1. The number of benzene rings is 1. The molecule has 114 valence electrons. The van der Waals surface area contributed by atoms with Crippen molar-refractivity contribution < 1.29 is 9.18 Å². The van der Waals surface area contributed by atoms with Crippen LogP contribution >= 0.6 is 0 Å². The van der Waals surface area contributed by atoms with Gasteiger partial charge in [0.1, 0.15) is 5.82 Å². The molecule has 2 aliphatic rings. The Morgan fingerprint density at radius 2 is 2.00 bits per heavy atom. The maximum Gasteiger partial charge on any atom is 0.230 e. The van der Waals surface area contributed by atoms with Gasteiger partial charge < -0.3 is 10.6 Å². The van der Waals surface area contributed by atoms with E-state index in [0.29, 0.717) is 30.6 Å². The zero-order valence-corrected chi connectivity index (χ0v) is 12.3. The van der Waals surface area contributed by atoms with Gasteiger partial charge in [-0.3, -0.25) is 4.79 Å². The van der Waals surface area contributed by atoms with E-state index < -0.39 is 0 Å². The summed E-state index contributed by atoms with van der Waals surface area (Å²) in [7, 11) is 0. The van der Waals surface area contributed by atoms with Crippen molar-refractivity contribution in [1.82, 2.24) is 0 Å². The first-order valence-electron chi connectivity index (χ1n) is 7.99. The van der Waals surface area contributed by atoms with Gasteiger partial charge in [0.15, 0.2) is 0 Å². The van der Waals surface area contributed by atoms with Crippen molar-refractivity contribution in [2.75, 3.05) is 18.0 Å². The zero-order valence-electron chi connectivity index (χ0n) is 12.3. The van der Waals surface area contributed by atoms with Gasteiger partial charge in [-0.15, -0.1) is 0 Å². The summed E-state index contributed by atoms with van der Waals surface area (Å²) in [6, 6.07) is 6.32. The lowest BCUT2D eigenvalue weighted by Crippen LogP contribution is -2.35. The van der Waals surface area contributed by atoms with E-state index in [4.69, 9.17) is 5.73 Å². The number of hydrogen-bond donors (Lipinski definition) is 1. The Balaban J connectivity index is 1.77. The van der Waals surface area contributed by atoms with Gasteiger partial charge in [0, 0.05) is 18.2 Å². The second kappa shape index (κ2) is 6.14. The van der Waals surface area contributed by atoms with Crippen LogP contribution in [0.5, 0.6) is 0 Å². The molecule has 1 aromatic carbocycles. The lowest BCUT2D eigenvalue weighted by Gasteiger charge is -2.23. The van der Waals surface area contributed by atoms with Crippen LogP contribution in [0.2, 0.25) is 0 Å². The van der Waals surface area contributed by atoms with Crippen molar-refractivity contribution in [2.24, 2.45) is 23.5 Å². The molecule has 0 aromatic heterocycles. The second-order valence-corrected chi connectivity index (χ2v) is 6.25. The molecular formula is C17H23FN2O. The molecule has 2 saturated carbocycles. The molecule has 0 radical (unpaired) electrons. The number of hydrogen-bond acceptors (Lipinski definition) is 2. The molecule has 21 heavy (non-hydrogen) atoms. The van der Waals surface area contributed by atoms with Gasteiger partial charge in [-0.2, -0.15) is 0 Å². The monoisotopic (exact) mass is 290 g/mol. The summed E-state index contributed by atoms with van der Waals surface area (Å²) >= 11 is 0. The van der Waals surface area contributed by atoms with E-state index in [9.17, 15) is 9.18 Å². The van der Waals surface area contributed by atoms with Crippen molar-refractivity contribution in [3.63, 3.8) is 0 Å². The van der Waals surface area contributed by atoms with Crippen molar-refractivity contribution >= 4 is 11.6 Å². The highest BCUT2D eigenvalue weighted by Crippen LogP contribution is 2.56. The number of halogens is 1. The van der Waals surface area contributed by atoms with Gasteiger partial charge in [-0.05, 0) is 55.8 Å². The van der Waals surface area contributed by atoms with Crippen LogP contribution in [-0.2, 0) is 4.79 Å². The third-order valence-corrected chi connectivity index (χ3v) is 4.91. The first-order valence-corrected chi connectivity index (χ1v) is 7.99. The lowest BCUT2D eigenvalue weighted by atomic mass is 10.0. The molecule has 2 unspecified atom stereocenters. The highest BCUT2D eigenvalue weighted by molar-refractivity contribution is 5.97. The summed E-state index contributed by atoms with van der Waals surface area (Å²) in [6.07, 6.45) is 5.58. The summed E-state index contributed by atoms with van der Waals surface area (Å²) in [5.41, 5.74) is 6.25. The van der Waals surface area contributed by atoms with E-state index >= 15 is 0 Å². The van der Waals surface area contributed by atoms with Crippen LogP contribution in [-0.4, -0.2) is 19.0 Å². The third-order valence-electron chi connectivity index (χ3n) is 4.91. The van der Waals surface area contributed by atoms with Crippen LogP contribution in [0.15, 0.2) is 24.3 Å². The minimum absolute atomic E-state index is 0.161. The van der Waals surface area contributed by atoms with Crippen LogP contribution in [0.25, 0.3) is 0 Å². The topological polar surface area (TPSA) is 46.3 Å². The molecule has 2 atom stereocenters. The average molecular weight is 290 g/mol. The standard InChI is InChI=1S/C17H23FN2O/c18-12-5-3-6-13(11-12)20(10-4-9-19)17(21)16-14-7-1-2-8-15(14)16/h3,5-6,11,14-16H,1-2,4,7-10,19H2. The molecule has 2 aliphatic carbocycles. The molecule has 0 saturated heterocycles. The molecule has 3 nitrogen and oxygen atoms in total. The minimum Gasteiger partial charge on any atom is -0.330 e. The zero-order chi connectivity index (χ0) is 14.8. The van der Waals surface area contributed by atoms with Gasteiger partial charge >= 0.3 is 0 Å². The van der Waals surface area contributed by atoms with Crippen LogP contribution < -0.4 is 10.6 Å². The SMILES string of the molecule is NCCCN(C(=O)C1C2CCCCC21)c1cccc(F)c1. The fourth-order valence-corrected chi connectivity index (χ4v) is 3.80. The number of nitrogens with two attached hydrogens (primary N) is 1. The largest absolute Gasteiger partial charge is 0.330 e. The summed E-state index contributed by atoms with van der Waals surface area (Å²) < 4.78 is 13.5. The minimum atomic E-state index is -0.300. The third kappa shape index (κ3) is 2.95. The number of nitrogens with zero attached hydrogens (tertiary/aromatic N) is 1. The maximum absolute atomic E-state index is 13.5. The molecular weight excluding hydrogens is 267 g/mol. The van der Waals surface area contributed by atoms with Gasteiger partial charge in [0.2, 0.25) is 5.91 Å². The molecule has 1 aromatic rings. The Morgan fingerprint density at radius 3 is 2.62 bits per heavy atom. The van der Waals surface area contributed by atoms with E-state index in [0.717, 1.165) is 6.42 Å². The Kier molecular flexibility index (Phi) is 4.24. The van der Waals surface area contributed by atoms with E-state index in [2.05, 4.69) is 0 Å². The first-order chi connectivity index (χ1) is 10.2. The lowest BCUT2D eigenvalue weighted by molar-refractivity contribution is -0.120. The molecule has 0 heterocycles. The molecule has 2 N–H and O–H groups in total. The van der Waals surface area contributed by atoms with Gasteiger partial charge in [0.25, 0.3) is 0 Å². The van der Waals surface area contributed by atoms with Crippen LogP contribution in [0.4, 0.5) is 10.1 Å². The average Bonchev–Trinajstić information content (AvgIpc) is 3.22. The number of fused-ring (bicyclic) bond motifs is 1. The molecule has 3 rings (SSSR count). The van der Waals surface area contributed by atoms with E-state index in [1.165, 1.54) is 37.8 Å². The molecule has 0 aliphatic heterocycles. The predicted octanol–water partition coefficient (Wildman–Crippen LogP) is 2.94. The normalized spacial score (nSPS) is 27.0. The number of anilines is 1. The van der Waals surface area contributed by atoms with Gasteiger partial charge in [-0.1, -0.05) is 18.9 Å². The second-order valence-electron chi connectivity index (χ2n) is 6.25. The summed E-state index contributed by atoms with van der Waals surface area (Å²) in [5, 5.41) is 0. The smallest absolute Gasteiger partial charge is 0.230 e. The molecule has 4 heteroatoms. The Labute approximate surface area is 125 Å². The number of carbonyl (C=O) groups excluding carboxylic acids is 1. The summed E-state index contributed by atoms with van der Waals surface area (Å²) in [6.45, 7) is 1.12. The summed E-state index contributed by atoms with van der Waals surface area (Å²) in [5.74, 6) is 1.17. The molecule has 0 bridgehead atoms. The van der Waals surface area contributed by atoms with Gasteiger partial charge in [0.05, 0.1) is 0 Å². The fraction of sp³-hybridized carbons (Fsp3) is 0.588. The summed E-state index contributed by atoms with van der Waals surface area (Å²) in [4.78, 5) is 14.6. The predicted molar refractivity (Wildman–Crippen MR) is 81.4 cm³/mol. The number of amides is 1. The Morgan fingerprint density at radius 1 is 1.29 bits per heavy atom. The maximum atomic E-state index is 13.5. The van der Waals surface area contributed by atoms with E-state index in [1.807, 2.05) is 6.07 Å². The van der Waals surface area contributed by atoms with Crippen molar-refractivity contribution in [2.45, 2.75) is 32.1 Å². The van der Waals surface area contributed by atoms with Crippen LogP contribution in [0.1, 0.15) is 32.1 Å². The Hall–Kier alpha value is -1.42. The highest BCUT2D eigenvalue weighted by atomic mass is 19.1. The first kappa shape index (κ1) is 14.5. The van der Waals surface area contributed by atoms with E-state index in [1.54, 1.807) is 11.0 Å².